The molecule has 2 atom stereocenters. The van der Waals surface area contributed by atoms with Crippen molar-refractivity contribution in [2.24, 2.45) is 5.41 Å². The number of hydrogen-bond donors (Lipinski definition) is 2. The summed E-state index contributed by atoms with van der Waals surface area (Å²) >= 11 is 0. The van der Waals surface area contributed by atoms with Gasteiger partial charge in [-0.3, -0.25) is 0 Å². The monoisotopic (exact) mass is 310 g/mol. The molecule has 0 radical (unpaired) electrons. The fourth-order valence-corrected chi connectivity index (χ4v) is 3.64. The summed E-state index contributed by atoms with van der Waals surface area (Å²) < 4.78 is 5.34. The molecule has 2 N–H and O–H groups in total. The number of nitrogens with one attached hydrogen (secondary N) is 2. The van der Waals surface area contributed by atoms with Gasteiger partial charge in [-0.25, -0.2) is 4.79 Å². The molecular weight excluding hydrogens is 276 g/mol. The highest BCUT2D eigenvalue weighted by Gasteiger charge is 2.31. The Bertz CT molecular complexity index is 377. The second kappa shape index (κ2) is 6.77. The Morgan fingerprint density at radius 1 is 1.00 bits per heavy atom. The Morgan fingerprint density at radius 3 is 2.18 bits per heavy atom. The van der Waals surface area contributed by atoms with Gasteiger partial charge in [0.25, 0.3) is 0 Å². The van der Waals surface area contributed by atoms with Gasteiger partial charge in [-0.05, 0) is 71.1 Å². The van der Waals surface area contributed by atoms with Gasteiger partial charge in [-0.1, -0.05) is 13.8 Å². The molecule has 0 aromatic carbocycles. The van der Waals surface area contributed by atoms with Crippen molar-refractivity contribution < 1.29 is 9.53 Å². The summed E-state index contributed by atoms with van der Waals surface area (Å²) in [6.45, 7) is 10.4. The maximum absolute atomic E-state index is 11.8. The van der Waals surface area contributed by atoms with Crippen molar-refractivity contribution in [1.29, 1.82) is 0 Å². The van der Waals surface area contributed by atoms with E-state index in [2.05, 4.69) is 24.5 Å². The predicted octanol–water partition coefficient (Wildman–Crippen LogP) is 3.99. The van der Waals surface area contributed by atoms with Gasteiger partial charge in [-0.2, -0.15) is 0 Å². The van der Waals surface area contributed by atoms with Gasteiger partial charge >= 0.3 is 6.09 Å². The maximum atomic E-state index is 11.8. The lowest BCUT2D eigenvalue weighted by atomic mass is 9.75. The number of amides is 1. The predicted molar refractivity (Wildman–Crippen MR) is 90.0 cm³/mol. The van der Waals surface area contributed by atoms with Crippen LogP contribution in [0.2, 0.25) is 0 Å². The second-order valence-electron chi connectivity index (χ2n) is 8.96. The summed E-state index contributed by atoms with van der Waals surface area (Å²) in [5.74, 6) is 0. The van der Waals surface area contributed by atoms with E-state index < -0.39 is 5.60 Å². The topological polar surface area (TPSA) is 50.4 Å². The first kappa shape index (κ1) is 17.6. The van der Waals surface area contributed by atoms with E-state index >= 15 is 0 Å². The number of ether oxygens (including phenoxy) is 1. The molecule has 4 heteroatoms. The van der Waals surface area contributed by atoms with Gasteiger partial charge in [0.2, 0.25) is 0 Å². The molecule has 0 aromatic heterocycles. The van der Waals surface area contributed by atoms with Crippen LogP contribution in [-0.4, -0.2) is 29.8 Å². The molecule has 0 saturated heterocycles. The zero-order valence-corrected chi connectivity index (χ0v) is 15.0. The van der Waals surface area contributed by atoms with Crippen LogP contribution in [0.3, 0.4) is 0 Å². The van der Waals surface area contributed by atoms with Crippen LogP contribution in [0.4, 0.5) is 4.79 Å². The first-order chi connectivity index (χ1) is 10.1. The number of carbonyl (C=O) groups excluding carboxylic acids is 1. The highest BCUT2D eigenvalue weighted by Crippen LogP contribution is 2.35. The van der Waals surface area contributed by atoms with E-state index in [0.29, 0.717) is 17.5 Å². The Balaban J connectivity index is 1.69. The molecule has 0 heterocycles. The number of carbonyl (C=O) groups is 1. The fourth-order valence-electron chi connectivity index (χ4n) is 3.64. The zero-order valence-electron chi connectivity index (χ0n) is 15.0. The lowest BCUT2D eigenvalue weighted by Gasteiger charge is -2.36. The first-order valence-electron chi connectivity index (χ1n) is 8.88. The van der Waals surface area contributed by atoms with Crippen LogP contribution >= 0.6 is 0 Å². The van der Waals surface area contributed by atoms with Gasteiger partial charge in [0.15, 0.2) is 0 Å². The van der Waals surface area contributed by atoms with Gasteiger partial charge in [0.05, 0.1) is 0 Å². The van der Waals surface area contributed by atoms with Crippen LogP contribution in [0.5, 0.6) is 0 Å². The Hall–Kier alpha value is -0.770. The molecule has 2 saturated carbocycles. The molecule has 2 unspecified atom stereocenters. The summed E-state index contributed by atoms with van der Waals surface area (Å²) in [6, 6.07) is 1.47. The third kappa shape index (κ3) is 5.79. The fraction of sp³-hybridized carbons (Fsp3) is 0.944. The standard InChI is InChI=1S/C18H34N2O2/c1-17(2,3)22-16(21)20-15-7-6-14(12-15)19-13-8-10-18(4,5)11-9-13/h13-15,19H,6-12H2,1-5H3,(H,20,21). The van der Waals surface area contributed by atoms with E-state index in [1.54, 1.807) is 0 Å². The third-order valence-electron chi connectivity index (χ3n) is 4.96. The number of hydrogen-bond acceptors (Lipinski definition) is 3. The van der Waals surface area contributed by atoms with Crippen LogP contribution in [0.25, 0.3) is 0 Å². The molecule has 2 fully saturated rings. The minimum Gasteiger partial charge on any atom is -0.444 e. The van der Waals surface area contributed by atoms with Crippen LogP contribution in [0.1, 0.15) is 79.6 Å². The first-order valence-corrected chi connectivity index (χ1v) is 8.88. The molecule has 1 amide bonds. The van der Waals surface area contributed by atoms with E-state index in [9.17, 15) is 4.79 Å². The van der Waals surface area contributed by atoms with Gasteiger partial charge in [0.1, 0.15) is 5.60 Å². The smallest absolute Gasteiger partial charge is 0.407 e. The molecule has 0 bridgehead atoms. The molecule has 0 spiro atoms. The molecule has 0 aliphatic heterocycles. The van der Waals surface area contributed by atoms with Gasteiger partial charge < -0.3 is 15.4 Å². The average molecular weight is 310 g/mol. The molecule has 22 heavy (non-hydrogen) atoms. The van der Waals surface area contributed by atoms with Crippen molar-refractivity contribution in [3.63, 3.8) is 0 Å². The highest BCUT2D eigenvalue weighted by molar-refractivity contribution is 5.68. The van der Waals surface area contributed by atoms with E-state index in [0.717, 1.165) is 19.3 Å². The molecule has 128 valence electrons. The van der Waals surface area contributed by atoms with E-state index in [4.69, 9.17) is 4.74 Å². The highest BCUT2D eigenvalue weighted by atomic mass is 16.6. The molecule has 2 aliphatic rings. The Morgan fingerprint density at radius 2 is 1.59 bits per heavy atom. The SMILES string of the molecule is CC1(C)CCC(NC2CCC(NC(=O)OC(C)(C)C)C2)CC1. The summed E-state index contributed by atoms with van der Waals surface area (Å²) in [5.41, 5.74) is 0.101. The minimum absolute atomic E-state index is 0.257. The van der Waals surface area contributed by atoms with Gasteiger partial charge in [0, 0.05) is 18.1 Å². The number of alkyl carbamates (subject to hydrolysis) is 1. The van der Waals surface area contributed by atoms with Crippen LogP contribution < -0.4 is 10.6 Å². The van der Waals surface area contributed by atoms with Crippen LogP contribution in [0.15, 0.2) is 0 Å². The zero-order chi connectivity index (χ0) is 16.4. The van der Waals surface area contributed by atoms with Crippen molar-refractivity contribution in [2.75, 3.05) is 0 Å². The number of rotatable bonds is 3. The van der Waals surface area contributed by atoms with E-state index in [-0.39, 0.29) is 12.1 Å². The summed E-state index contributed by atoms with van der Waals surface area (Å²) in [4.78, 5) is 11.8. The normalized spacial score (nSPS) is 29.3. The summed E-state index contributed by atoms with van der Waals surface area (Å²) in [6.07, 6.45) is 8.15. The average Bonchev–Trinajstić information content (AvgIpc) is 2.77. The molecule has 0 aromatic rings. The van der Waals surface area contributed by atoms with Crippen molar-refractivity contribution in [3.8, 4) is 0 Å². The van der Waals surface area contributed by atoms with Crippen molar-refractivity contribution >= 4 is 6.09 Å². The summed E-state index contributed by atoms with van der Waals surface area (Å²) in [5, 5.41) is 6.83. The van der Waals surface area contributed by atoms with Crippen LogP contribution in [-0.2, 0) is 4.74 Å². The quantitative estimate of drug-likeness (QED) is 0.828. The third-order valence-corrected chi connectivity index (χ3v) is 4.96. The van der Waals surface area contributed by atoms with Crippen molar-refractivity contribution in [3.05, 3.63) is 0 Å². The van der Waals surface area contributed by atoms with E-state index in [1.165, 1.54) is 25.7 Å². The van der Waals surface area contributed by atoms with Gasteiger partial charge in [-0.15, -0.1) is 0 Å². The molecular formula is C18H34N2O2. The largest absolute Gasteiger partial charge is 0.444 e. The van der Waals surface area contributed by atoms with Crippen molar-refractivity contribution in [1.82, 2.24) is 10.6 Å². The minimum atomic E-state index is -0.421. The lowest BCUT2D eigenvalue weighted by molar-refractivity contribution is 0.0505. The van der Waals surface area contributed by atoms with Crippen LogP contribution in [0, 0.1) is 5.41 Å². The second-order valence-corrected chi connectivity index (χ2v) is 8.96. The molecule has 4 nitrogen and oxygen atoms in total. The Labute approximate surface area is 135 Å². The molecule has 2 rings (SSSR count). The lowest BCUT2D eigenvalue weighted by Crippen LogP contribution is -2.42. The Kier molecular flexibility index (Phi) is 5.41. The maximum Gasteiger partial charge on any atom is 0.407 e. The van der Waals surface area contributed by atoms with Crippen molar-refractivity contribution in [2.45, 2.75) is 103 Å². The molecule has 2 aliphatic carbocycles. The summed E-state index contributed by atoms with van der Waals surface area (Å²) in [7, 11) is 0. The van der Waals surface area contributed by atoms with E-state index in [1.807, 2.05) is 20.8 Å².